The van der Waals surface area contributed by atoms with E-state index in [9.17, 15) is 13.2 Å². The summed E-state index contributed by atoms with van der Waals surface area (Å²) in [5.41, 5.74) is -0.331. The number of aryl methyl sites for hydroxylation is 1. The fourth-order valence-corrected chi connectivity index (χ4v) is 2.38. The Kier molecular flexibility index (Phi) is 5.18. The van der Waals surface area contributed by atoms with Gasteiger partial charge in [0.1, 0.15) is 12.2 Å². The maximum absolute atomic E-state index is 13.0. The monoisotopic (exact) mass is 312 g/mol. The summed E-state index contributed by atoms with van der Waals surface area (Å²) in [6.45, 7) is 4.88. The molecule has 0 saturated heterocycles. The van der Waals surface area contributed by atoms with Crippen molar-refractivity contribution in [2.45, 2.75) is 39.0 Å². The molecule has 0 bridgehead atoms. The minimum Gasteiger partial charge on any atom is -0.316 e. The summed E-state index contributed by atoms with van der Waals surface area (Å²) < 4.78 is 40.9. The Morgan fingerprint density at radius 1 is 1.27 bits per heavy atom. The SMILES string of the molecule is CCc1nncn1CCN[C@H](C)c1ccccc1C(F)(F)F. The zero-order valence-corrected chi connectivity index (χ0v) is 12.6. The van der Waals surface area contributed by atoms with E-state index in [-0.39, 0.29) is 11.6 Å². The van der Waals surface area contributed by atoms with Crippen LogP contribution in [0.25, 0.3) is 0 Å². The van der Waals surface area contributed by atoms with Gasteiger partial charge in [-0.15, -0.1) is 10.2 Å². The number of hydrogen-bond donors (Lipinski definition) is 1. The van der Waals surface area contributed by atoms with Gasteiger partial charge >= 0.3 is 6.18 Å². The van der Waals surface area contributed by atoms with Crippen molar-refractivity contribution in [3.8, 4) is 0 Å². The van der Waals surface area contributed by atoms with Crippen molar-refractivity contribution < 1.29 is 13.2 Å². The van der Waals surface area contributed by atoms with E-state index >= 15 is 0 Å². The lowest BCUT2D eigenvalue weighted by Gasteiger charge is -2.19. The third kappa shape index (κ3) is 3.85. The normalized spacial score (nSPS) is 13.3. The maximum atomic E-state index is 13.0. The smallest absolute Gasteiger partial charge is 0.316 e. The molecule has 0 amide bonds. The Labute approximate surface area is 127 Å². The average molecular weight is 312 g/mol. The predicted octanol–water partition coefficient (Wildman–Crippen LogP) is 3.21. The molecule has 2 aromatic rings. The van der Waals surface area contributed by atoms with Gasteiger partial charge < -0.3 is 9.88 Å². The van der Waals surface area contributed by atoms with E-state index in [0.717, 1.165) is 18.3 Å². The van der Waals surface area contributed by atoms with Crippen molar-refractivity contribution in [2.24, 2.45) is 0 Å². The molecule has 0 fully saturated rings. The second-order valence-electron chi connectivity index (χ2n) is 5.05. The molecule has 1 atom stereocenters. The molecule has 7 heteroatoms. The number of hydrogen-bond acceptors (Lipinski definition) is 3. The van der Waals surface area contributed by atoms with Crippen LogP contribution in [0.3, 0.4) is 0 Å². The van der Waals surface area contributed by atoms with Crippen LogP contribution in [0.5, 0.6) is 0 Å². The first kappa shape index (κ1) is 16.5. The molecule has 2 rings (SSSR count). The van der Waals surface area contributed by atoms with Crippen LogP contribution in [0.1, 0.15) is 36.8 Å². The highest BCUT2D eigenvalue weighted by molar-refractivity contribution is 5.32. The number of benzene rings is 1. The Hall–Kier alpha value is -1.89. The second kappa shape index (κ2) is 6.91. The molecular weight excluding hydrogens is 293 g/mol. The van der Waals surface area contributed by atoms with Crippen molar-refractivity contribution in [3.05, 3.63) is 47.5 Å². The van der Waals surface area contributed by atoms with Crippen molar-refractivity contribution in [3.63, 3.8) is 0 Å². The number of aromatic nitrogens is 3. The first-order valence-corrected chi connectivity index (χ1v) is 7.19. The highest BCUT2D eigenvalue weighted by Crippen LogP contribution is 2.34. The summed E-state index contributed by atoms with van der Waals surface area (Å²) in [7, 11) is 0. The molecule has 0 aliphatic heterocycles. The third-order valence-corrected chi connectivity index (χ3v) is 3.55. The van der Waals surface area contributed by atoms with Crippen LogP contribution in [0.2, 0.25) is 0 Å². The lowest BCUT2D eigenvalue weighted by atomic mass is 10.0. The zero-order chi connectivity index (χ0) is 16.2. The highest BCUT2D eigenvalue weighted by atomic mass is 19.4. The van der Waals surface area contributed by atoms with Gasteiger partial charge in [0.05, 0.1) is 5.56 Å². The van der Waals surface area contributed by atoms with Gasteiger partial charge in [-0.1, -0.05) is 25.1 Å². The first-order chi connectivity index (χ1) is 10.4. The topological polar surface area (TPSA) is 42.7 Å². The Bertz CT molecular complexity index is 607. The van der Waals surface area contributed by atoms with E-state index in [1.54, 1.807) is 19.3 Å². The Morgan fingerprint density at radius 2 is 2.00 bits per heavy atom. The number of alkyl halides is 3. The van der Waals surface area contributed by atoms with Crippen LogP contribution >= 0.6 is 0 Å². The predicted molar refractivity (Wildman–Crippen MR) is 77.3 cm³/mol. The van der Waals surface area contributed by atoms with Gasteiger partial charge in [-0.05, 0) is 18.6 Å². The fraction of sp³-hybridized carbons (Fsp3) is 0.467. The van der Waals surface area contributed by atoms with Gasteiger partial charge in [0.25, 0.3) is 0 Å². The lowest BCUT2D eigenvalue weighted by Crippen LogP contribution is -2.25. The molecule has 1 aromatic carbocycles. The summed E-state index contributed by atoms with van der Waals surface area (Å²) in [6, 6.07) is 5.26. The minimum absolute atomic E-state index is 0.259. The molecule has 1 heterocycles. The van der Waals surface area contributed by atoms with E-state index < -0.39 is 11.7 Å². The number of rotatable bonds is 6. The third-order valence-electron chi connectivity index (χ3n) is 3.55. The molecule has 0 aliphatic carbocycles. The fourth-order valence-electron chi connectivity index (χ4n) is 2.38. The van der Waals surface area contributed by atoms with Crippen molar-refractivity contribution >= 4 is 0 Å². The minimum atomic E-state index is -4.34. The van der Waals surface area contributed by atoms with Gasteiger partial charge in [0.2, 0.25) is 0 Å². The van der Waals surface area contributed by atoms with Crippen molar-refractivity contribution in [1.29, 1.82) is 0 Å². The van der Waals surface area contributed by atoms with Crippen LogP contribution in [0.15, 0.2) is 30.6 Å². The van der Waals surface area contributed by atoms with E-state index in [1.165, 1.54) is 12.1 Å². The summed E-state index contributed by atoms with van der Waals surface area (Å²) in [4.78, 5) is 0. The Morgan fingerprint density at radius 3 is 2.68 bits per heavy atom. The summed E-state index contributed by atoms with van der Waals surface area (Å²) >= 11 is 0. The molecule has 0 saturated carbocycles. The maximum Gasteiger partial charge on any atom is 0.416 e. The first-order valence-electron chi connectivity index (χ1n) is 7.19. The molecule has 4 nitrogen and oxygen atoms in total. The van der Waals surface area contributed by atoms with Crippen LogP contribution in [0.4, 0.5) is 13.2 Å². The summed E-state index contributed by atoms with van der Waals surface area (Å²) in [5.74, 6) is 0.866. The van der Waals surface area contributed by atoms with Crippen LogP contribution < -0.4 is 5.32 Å². The molecular formula is C15H19F3N4. The van der Waals surface area contributed by atoms with Crippen LogP contribution in [-0.4, -0.2) is 21.3 Å². The quantitative estimate of drug-likeness (QED) is 0.890. The summed E-state index contributed by atoms with van der Waals surface area (Å²) in [5, 5.41) is 10.9. The van der Waals surface area contributed by atoms with Gasteiger partial charge in [0, 0.05) is 25.6 Å². The largest absolute Gasteiger partial charge is 0.416 e. The van der Waals surface area contributed by atoms with E-state index in [1.807, 2.05) is 11.5 Å². The molecule has 0 aliphatic rings. The molecule has 0 radical (unpaired) electrons. The Balaban J connectivity index is 2.00. The molecule has 0 spiro atoms. The average Bonchev–Trinajstić information content (AvgIpc) is 2.93. The van der Waals surface area contributed by atoms with Gasteiger partial charge in [-0.3, -0.25) is 0 Å². The summed E-state index contributed by atoms with van der Waals surface area (Å²) in [6.07, 6.45) is -1.93. The van der Waals surface area contributed by atoms with Gasteiger partial charge in [-0.25, -0.2) is 0 Å². The molecule has 0 unspecified atom stereocenters. The van der Waals surface area contributed by atoms with Crippen molar-refractivity contribution in [2.75, 3.05) is 6.54 Å². The van der Waals surface area contributed by atoms with E-state index in [2.05, 4.69) is 15.5 Å². The number of nitrogens with one attached hydrogen (secondary N) is 1. The van der Waals surface area contributed by atoms with Gasteiger partial charge in [-0.2, -0.15) is 13.2 Å². The molecule has 1 aromatic heterocycles. The van der Waals surface area contributed by atoms with Gasteiger partial charge in [0.15, 0.2) is 0 Å². The molecule has 22 heavy (non-hydrogen) atoms. The highest BCUT2D eigenvalue weighted by Gasteiger charge is 2.33. The molecule has 1 N–H and O–H groups in total. The zero-order valence-electron chi connectivity index (χ0n) is 12.6. The second-order valence-corrected chi connectivity index (χ2v) is 5.05. The number of nitrogens with zero attached hydrogens (tertiary/aromatic N) is 3. The number of halogens is 3. The van der Waals surface area contributed by atoms with Crippen LogP contribution in [-0.2, 0) is 19.1 Å². The standard InChI is InChI=1S/C15H19F3N4/c1-3-14-21-20-10-22(14)9-8-19-11(2)12-6-4-5-7-13(12)15(16,17)18/h4-7,10-11,19H,3,8-9H2,1-2H3/t11-/m1/s1. The molecule has 120 valence electrons. The van der Waals surface area contributed by atoms with Crippen molar-refractivity contribution in [1.82, 2.24) is 20.1 Å². The van der Waals surface area contributed by atoms with Crippen LogP contribution in [0, 0.1) is 0 Å². The lowest BCUT2D eigenvalue weighted by molar-refractivity contribution is -0.138. The van der Waals surface area contributed by atoms with E-state index in [4.69, 9.17) is 0 Å². The van der Waals surface area contributed by atoms with E-state index in [0.29, 0.717) is 13.1 Å².